The summed E-state index contributed by atoms with van der Waals surface area (Å²) in [5.74, 6) is -0.783. The molecule has 2 fully saturated rings. The number of benzene rings is 1. The Balaban J connectivity index is 2.11. The van der Waals surface area contributed by atoms with Gasteiger partial charge in [0.2, 0.25) is 5.91 Å². The number of nitrogens with zero attached hydrogens (tertiary/aromatic N) is 2. The lowest BCUT2D eigenvalue weighted by molar-refractivity contribution is -0.137. The molecule has 1 amide bonds. The molecule has 0 bridgehead atoms. The van der Waals surface area contributed by atoms with E-state index in [1.165, 1.54) is 4.90 Å². The van der Waals surface area contributed by atoms with Gasteiger partial charge in [0.1, 0.15) is 0 Å². The fraction of sp³-hybridized carbons (Fsp3) is 0.467. The van der Waals surface area contributed by atoms with Crippen molar-refractivity contribution >= 4 is 50.0 Å². The molecule has 2 aliphatic heterocycles. The SMILES string of the molecule is CCC(=O)N=C1SC2CS(=O)(=O)CC2N1c1cc(C(F)(F)F)ccc1Cl. The first-order chi connectivity index (χ1) is 12.0. The predicted molar refractivity (Wildman–Crippen MR) is 95.5 cm³/mol. The molecule has 2 unspecified atom stereocenters. The van der Waals surface area contributed by atoms with Crippen LogP contribution in [0.25, 0.3) is 0 Å². The van der Waals surface area contributed by atoms with Crippen LogP contribution < -0.4 is 4.90 Å². The molecule has 2 atom stereocenters. The summed E-state index contributed by atoms with van der Waals surface area (Å²) < 4.78 is 63.2. The lowest BCUT2D eigenvalue weighted by atomic mass is 10.1. The second-order valence-electron chi connectivity index (χ2n) is 5.98. The fourth-order valence-electron chi connectivity index (χ4n) is 2.91. The summed E-state index contributed by atoms with van der Waals surface area (Å²) in [5, 5.41) is -0.197. The highest BCUT2D eigenvalue weighted by Crippen LogP contribution is 2.44. The van der Waals surface area contributed by atoms with Crippen LogP contribution in [0.2, 0.25) is 5.02 Å². The first-order valence-electron chi connectivity index (χ1n) is 7.66. The molecule has 0 aliphatic carbocycles. The molecule has 0 saturated carbocycles. The first kappa shape index (κ1) is 19.5. The molecule has 1 aromatic rings. The van der Waals surface area contributed by atoms with E-state index < -0.39 is 38.8 Å². The zero-order valence-electron chi connectivity index (χ0n) is 13.5. The van der Waals surface area contributed by atoms with E-state index in [1.807, 2.05) is 0 Å². The molecule has 0 radical (unpaired) electrons. The average Bonchev–Trinajstić information content (AvgIpc) is 2.97. The second-order valence-corrected chi connectivity index (χ2v) is 9.74. The standard InChI is InChI=1S/C15H14ClF3N2O3S2/c1-2-13(22)20-14-21(11-6-26(23,24)7-12(11)25-14)10-5-8(15(17,18)19)3-4-9(10)16/h3-5,11-12H,2,6-7H2,1H3. The largest absolute Gasteiger partial charge is 0.416 e. The van der Waals surface area contributed by atoms with Gasteiger partial charge in [-0.15, -0.1) is 0 Å². The van der Waals surface area contributed by atoms with Crippen LogP contribution in [0.3, 0.4) is 0 Å². The number of halogens is 4. The predicted octanol–water partition coefficient (Wildman–Crippen LogP) is 3.37. The lowest BCUT2D eigenvalue weighted by Crippen LogP contribution is -2.38. The number of sulfone groups is 1. The molecular weight excluding hydrogens is 413 g/mol. The highest BCUT2D eigenvalue weighted by Gasteiger charge is 2.50. The molecule has 0 N–H and O–H groups in total. The summed E-state index contributed by atoms with van der Waals surface area (Å²) in [7, 11) is -3.32. The minimum atomic E-state index is -4.58. The van der Waals surface area contributed by atoms with E-state index in [4.69, 9.17) is 11.6 Å². The van der Waals surface area contributed by atoms with E-state index in [1.54, 1.807) is 6.92 Å². The van der Waals surface area contributed by atoms with Crippen LogP contribution in [-0.4, -0.2) is 42.3 Å². The number of thioether (sulfide) groups is 1. The van der Waals surface area contributed by atoms with Gasteiger partial charge >= 0.3 is 6.18 Å². The Morgan fingerprint density at radius 1 is 1.38 bits per heavy atom. The van der Waals surface area contributed by atoms with Gasteiger partial charge in [-0.05, 0) is 18.2 Å². The first-order valence-corrected chi connectivity index (χ1v) is 10.7. The number of carbonyl (C=O) groups excluding carboxylic acids is 1. The summed E-state index contributed by atoms with van der Waals surface area (Å²) in [5.41, 5.74) is -0.909. The Kier molecular flexibility index (Phi) is 5.04. The number of aliphatic imine (C=N–C) groups is 1. The number of rotatable bonds is 2. The quantitative estimate of drug-likeness (QED) is 0.725. The van der Waals surface area contributed by atoms with Crippen LogP contribution in [0.4, 0.5) is 18.9 Å². The van der Waals surface area contributed by atoms with Gasteiger partial charge in [-0.1, -0.05) is 30.3 Å². The second kappa shape index (κ2) is 6.72. The molecule has 1 aromatic carbocycles. The maximum atomic E-state index is 13.1. The fourth-order valence-corrected chi connectivity index (χ4v) is 7.04. The van der Waals surface area contributed by atoms with E-state index in [2.05, 4.69) is 4.99 Å². The normalized spacial score (nSPS) is 26.3. The molecule has 26 heavy (non-hydrogen) atoms. The Morgan fingerprint density at radius 3 is 2.69 bits per heavy atom. The van der Waals surface area contributed by atoms with Crippen LogP contribution in [0, 0.1) is 0 Å². The van der Waals surface area contributed by atoms with E-state index >= 15 is 0 Å². The summed E-state index contributed by atoms with van der Waals surface area (Å²) in [6.45, 7) is 1.61. The van der Waals surface area contributed by atoms with Gasteiger partial charge in [-0.3, -0.25) is 4.79 Å². The highest BCUT2D eigenvalue weighted by molar-refractivity contribution is 8.16. The Labute approximate surface area is 157 Å². The third-order valence-electron chi connectivity index (χ3n) is 4.12. The van der Waals surface area contributed by atoms with Gasteiger partial charge in [0.05, 0.1) is 33.8 Å². The number of alkyl halides is 3. The number of carbonyl (C=O) groups is 1. The lowest BCUT2D eigenvalue weighted by Gasteiger charge is -2.26. The Bertz CT molecular complexity index is 887. The summed E-state index contributed by atoms with van der Waals surface area (Å²) >= 11 is 7.20. The van der Waals surface area contributed by atoms with Crippen LogP contribution in [0.1, 0.15) is 18.9 Å². The number of fused-ring (bicyclic) bond motifs is 1. The van der Waals surface area contributed by atoms with Crippen molar-refractivity contribution in [3.8, 4) is 0 Å². The Hall–Kier alpha value is -1.26. The van der Waals surface area contributed by atoms with Crippen molar-refractivity contribution in [2.24, 2.45) is 4.99 Å². The van der Waals surface area contributed by atoms with E-state index in [-0.39, 0.29) is 33.8 Å². The number of hydrogen-bond acceptors (Lipinski definition) is 4. The zero-order valence-corrected chi connectivity index (χ0v) is 15.8. The molecule has 11 heteroatoms. The molecule has 3 rings (SSSR count). The van der Waals surface area contributed by atoms with Crippen LogP contribution in [0.5, 0.6) is 0 Å². The molecule has 0 spiro atoms. The van der Waals surface area contributed by atoms with Crippen molar-refractivity contribution < 1.29 is 26.4 Å². The maximum Gasteiger partial charge on any atom is 0.416 e. The van der Waals surface area contributed by atoms with Crippen molar-refractivity contribution in [1.82, 2.24) is 0 Å². The summed E-state index contributed by atoms with van der Waals surface area (Å²) in [6, 6.07) is 2.21. The number of anilines is 1. The van der Waals surface area contributed by atoms with Gasteiger partial charge < -0.3 is 4.90 Å². The third-order valence-corrected chi connectivity index (χ3v) is 7.65. The smallest absolute Gasteiger partial charge is 0.314 e. The molecule has 5 nitrogen and oxygen atoms in total. The molecule has 2 saturated heterocycles. The molecule has 2 aliphatic rings. The summed E-state index contributed by atoms with van der Waals surface area (Å²) in [6.07, 6.45) is -4.45. The van der Waals surface area contributed by atoms with Crippen molar-refractivity contribution in [3.05, 3.63) is 28.8 Å². The van der Waals surface area contributed by atoms with Gasteiger partial charge in [0.25, 0.3) is 0 Å². The van der Waals surface area contributed by atoms with Crippen molar-refractivity contribution in [1.29, 1.82) is 0 Å². The van der Waals surface area contributed by atoms with Crippen LogP contribution >= 0.6 is 23.4 Å². The zero-order chi connectivity index (χ0) is 19.3. The molecule has 142 valence electrons. The van der Waals surface area contributed by atoms with Crippen molar-refractivity contribution in [3.63, 3.8) is 0 Å². The highest BCUT2D eigenvalue weighted by atomic mass is 35.5. The van der Waals surface area contributed by atoms with Gasteiger partial charge in [0.15, 0.2) is 15.0 Å². The van der Waals surface area contributed by atoms with Gasteiger partial charge in [-0.25, -0.2) is 8.42 Å². The van der Waals surface area contributed by atoms with E-state index in [0.29, 0.717) is 0 Å². The van der Waals surface area contributed by atoms with Crippen molar-refractivity contribution in [2.75, 3.05) is 16.4 Å². The van der Waals surface area contributed by atoms with Crippen molar-refractivity contribution in [2.45, 2.75) is 30.8 Å². The third kappa shape index (κ3) is 3.72. The number of amides is 1. The van der Waals surface area contributed by atoms with Crippen LogP contribution in [0.15, 0.2) is 23.2 Å². The maximum absolute atomic E-state index is 13.1. The molecular formula is C15H14ClF3N2O3S2. The van der Waals surface area contributed by atoms with E-state index in [0.717, 1.165) is 30.0 Å². The van der Waals surface area contributed by atoms with Gasteiger partial charge in [0, 0.05) is 11.7 Å². The van der Waals surface area contributed by atoms with Crippen LogP contribution in [-0.2, 0) is 20.8 Å². The average molecular weight is 427 g/mol. The number of amidine groups is 1. The minimum absolute atomic E-state index is 0.00115. The summed E-state index contributed by atoms with van der Waals surface area (Å²) in [4.78, 5) is 17.1. The number of hydrogen-bond donors (Lipinski definition) is 0. The molecule has 2 heterocycles. The van der Waals surface area contributed by atoms with E-state index in [9.17, 15) is 26.4 Å². The molecule has 0 aromatic heterocycles. The van der Waals surface area contributed by atoms with Gasteiger partial charge in [-0.2, -0.15) is 18.2 Å². The Morgan fingerprint density at radius 2 is 2.08 bits per heavy atom. The topological polar surface area (TPSA) is 66.8 Å². The minimum Gasteiger partial charge on any atom is -0.314 e. The monoisotopic (exact) mass is 426 g/mol.